The molecule has 7 nitrogen and oxygen atoms in total. The number of thioether (sulfide) groups is 1. The molecule has 1 heterocycles. The topological polar surface area (TPSA) is 90.3 Å². The van der Waals surface area contributed by atoms with Gasteiger partial charge >= 0.3 is 5.97 Å². The van der Waals surface area contributed by atoms with Crippen molar-refractivity contribution in [1.29, 1.82) is 0 Å². The van der Waals surface area contributed by atoms with Gasteiger partial charge in [-0.05, 0) is 61.9 Å². The first-order valence-electron chi connectivity index (χ1n) is 10.6. The van der Waals surface area contributed by atoms with Gasteiger partial charge in [-0.3, -0.25) is 14.2 Å². The largest absolute Gasteiger partial charge is 0.465 e. The van der Waals surface area contributed by atoms with Gasteiger partial charge in [0.15, 0.2) is 5.16 Å². The third-order valence-corrected chi connectivity index (χ3v) is 6.26. The number of rotatable bonds is 6. The Bertz CT molecular complexity index is 1430. The fourth-order valence-electron chi connectivity index (χ4n) is 3.47. The average Bonchev–Trinajstić information content (AvgIpc) is 2.84. The molecule has 0 aliphatic carbocycles. The molecule has 3 aromatic carbocycles. The number of nitrogens with zero attached hydrogens (tertiary/aromatic N) is 2. The highest BCUT2D eigenvalue weighted by Gasteiger charge is 2.21. The predicted molar refractivity (Wildman–Crippen MR) is 134 cm³/mol. The number of carbonyl (C=O) groups is 2. The molecule has 0 aliphatic heterocycles. The third-order valence-electron chi connectivity index (χ3n) is 5.21. The smallest absolute Gasteiger partial charge is 0.337 e. The molecular formula is C26H23N3O4S. The number of aromatic nitrogens is 2. The van der Waals surface area contributed by atoms with E-state index in [0.29, 0.717) is 33.0 Å². The SMILES string of the molecule is COC(=O)c1ccc2c(=O)n(-c3ccccc3)c(SC(C)C(=O)Nc3cccc(C)c3)nc2c1. The normalized spacial score (nSPS) is 11.7. The second-order valence-electron chi connectivity index (χ2n) is 7.71. The van der Waals surface area contributed by atoms with Crippen LogP contribution in [0.4, 0.5) is 5.69 Å². The van der Waals surface area contributed by atoms with Crippen LogP contribution in [0.5, 0.6) is 0 Å². The zero-order valence-corrected chi connectivity index (χ0v) is 19.8. The summed E-state index contributed by atoms with van der Waals surface area (Å²) in [5, 5.41) is 3.06. The van der Waals surface area contributed by atoms with Crippen molar-refractivity contribution < 1.29 is 14.3 Å². The molecule has 1 aromatic heterocycles. The van der Waals surface area contributed by atoms with Crippen LogP contribution in [0.3, 0.4) is 0 Å². The Labute approximate surface area is 200 Å². The molecule has 0 radical (unpaired) electrons. The molecule has 34 heavy (non-hydrogen) atoms. The van der Waals surface area contributed by atoms with Crippen molar-refractivity contribution in [3.8, 4) is 5.69 Å². The van der Waals surface area contributed by atoms with Crippen molar-refractivity contribution in [2.24, 2.45) is 0 Å². The van der Waals surface area contributed by atoms with E-state index in [2.05, 4.69) is 10.3 Å². The molecule has 0 saturated carbocycles. The Balaban J connectivity index is 1.76. The molecule has 0 fully saturated rings. The highest BCUT2D eigenvalue weighted by atomic mass is 32.2. The number of carbonyl (C=O) groups excluding carboxylic acids is 2. The van der Waals surface area contributed by atoms with Crippen molar-refractivity contribution in [3.05, 3.63) is 94.3 Å². The maximum Gasteiger partial charge on any atom is 0.337 e. The van der Waals surface area contributed by atoms with E-state index >= 15 is 0 Å². The Kier molecular flexibility index (Phi) is 6.79. The lowest BCUT2D eigenvalue weighted by atomic mass is 10.1. The standard InChI is InChI=1S/C26H23N3O4S/c1-16-8-7-9-19(14-16)27-23(30)17(2)34-26-28-22-15-18(25(32)33-3)12-13-21(22)24(31)29(26)20-10-5-4-6-11-20/h4-15,17H,1-3H3,(H,27,30). The lowest BCUT2D eigenvalue weighted by Crippen LogP contribution is -2.26. The Morgan fingerprint density at radius 1 is 1.03 bits per heavy atom. The van der Waals surface area contributed by atoms with Gasteiger partial charge in [0.05, 0.1) is 34.5 Å². The fourth-order valence-corrected chi connectivity index (χ4v) is 4.40. The molecule has 1 N–H and O–H groups in total. The number of anilines is 1. The molecule has 1 atom stereocenters. The van der Waals surface area contributed by atoms with E-state index in [9.17, 15) is 14.4 Å². The highest BCUT2D eigenvalue weighted by molar-refractivity contribution is 8.00. The molecule has 0 saturated heterocycles. The van der Waals surface area contributed by atoms with Gasteiger partial charge in [0.25, 0.3) is 5.56 Å². The second-order valence-corrected chi connectivity index (χ2v) is 9.02. The first-order valence-corrected chi connectivity index (χ1v) is 11.5. The molecule has 0 bridgehead atoms. The van der Waals surface area contributed by atoms with Crippen molar-refractivity contribution in [1.82, 2.24) is 9.55 Å². The summed E-state index contributed by atoms with van der Waals surface area (Å²) in [6, 6.07) is 21.3. The number of esters is 1. The van der Waals surface area contributed by atoms with Crippen molar-refractivity contribution in [2.45, 2.75) is 24.3 Å². The lowest BCUT2D eigenvalue weighted by Gasteiger charge is -2.17. The van der Waals surface area contributed by atoms with Crippen LogP contribution in [0.2, 0.25) is 0 Å². The van der Waals surface area contributed by atoms with Crippen LogP contribution in [0.25, 0.3) is 16.6 Å². The van der Waals surface area contributed by atoms with Crippen molar-refractivity contribution in [2.75, 3.05) is 12.4 Å². The lowest BCUT2D eigenvalue weighted by molar-refractivity contribution is -0.115. The van der Waals surface area contributed by atoms with Crippen LogP contribution in [0.15, 0.2) is 82.7 Å². The summed E-state index contributed by atoms with van der Waals surface area (Å²) in [7, 11) is 1.29. The quantitative estimate of drug-likeness (QED) is 0.250. The third kappa shape index (κ3) is 4.87. The van der Waals surface area contributed by atoms with Crippen LogP contribution < -0.4 is 10.9 Å². The van der Waals surface area contributed by atoms with Crippen molar-refractivity contribution >= 4 is 40.2 Å². The number of nitrogens with one attached hydrogen (secondary N) is 1. The van der Waals surface area contributed by atoms with Gasteiger partial charge in [-0.25, -0.2) is 9.78 Å². The number of benzene rings is 3. The van der Waals surface area contributed by atoms with E-state index < -0.39 is 11.2 Å². The van der Waals surface area contributed by atoms with Gasteiger partial charge in [-0.1, -0.05) is 42.1 Å². The van der Waals surface area contributed by atoms with E-state index in [1.165, 1.54) is 35.6 Å². The van der Waals surface area contributed by atoms with E-state index in [4.69, 9.17) is 4.74 Å². The fraction of sp³-hybridized carbons (Fsp3) is 0.154. The van der Waals surface area contributed by atoms with Gasteiger partial charge in [0, 0.05) is 5.69 Å². The average molecular weight is 474 g/mol. The molecule has 172 valence electrons. The summed E-state index contributed by atoms with van der Waals surface area (Å²) >= 11 is 1.17. The van der Waals surface area contributed by atoms with Crippen LogP contribution in [0, 0.1) is 6.92 Å². The summed E-state index contributed by atoms with van der Waals surface area (Å²) in [5.41, 5.74) is 2.73. The molecule has 1 amide bonds. The van der Waals surface area contributed by atoms with Gasteiger partial charge in [0.1, 0.15) is 0 Å². The van der Waals surface area contributed by atoms with Crippen LogP contribution >= 0.6 is 11.8 Å². The van der Waals surface area contributed by atoms with Crippen LogP contribution in [-0.2, 0) is 9.53 Å². The maximum absolute atomic E-state index is 13.5. The van der Waals surface area contributed by atoms with E-state index in [-0.39, 0.29) is 11.5 Å². The monoisotopic (exact) mass is 473 g/mol. The summed E-state index contributed by atoms with van der Waals surface area (Å²) in [4.78, 5) is 43.0. The number of hydrogen-bond donors (Lipinski definition) is 1. The summed E-state index contributed by atoms with van der Waals surface area (Å²) in [6.45, 7) is 3.71. The van der Waals surface area contributed by atoms with Gasteiger partial charge in [-0.15, -0.1) is 0 Å². The summed E-state index contributed by atoms with van der Waals surface area (Å²) in [5.74, 6) is -0.732. The maximum atomic E-state index is 13.5. The van der Waals surface area contributed by atoms with E-state index in [0.717, 1.165) is 5.56 Å². The molecular weight excluding hydrogens is 450 g/mol. The van der Waals surface area contributed by atoms with Crippen LogP contribution in [0.1, 0.15) is 22.8 Å². The van der Waals surface area contributed by atoms with Gasteiger partial charge in [0.2, 0.25) is 5.91 Å². The number of aryl methyl sites for hydroxylation is 1. The minimum absolute atomic E-state index is 0.215. The Morgan fingerprint density at radius 2 is 1.79 bits per heavy atom. The Morgan fingerprint density at radius 3 is 2.50 bits per heavy atom. The van der Waals surface area contributed by atoms with E-state index in [1.54, 1.807) is 25.1 Å². The second kappa shape index (κ2) is 9.93. The zero-order valence-electron chi connectivity index (χ0n) is 18.9. The number of para-hydroxylation sites is 1. The molecule has 1 unspecified atom stereocenters. The first kappa shape index (κ1) is 23.3. The predicted octanol–water partition coefficient (Wildman–Crippen LogP) is 4.60. The minimum Gasteiger partial charge on any atom is -0.465 e. The minimum atomic E-state index is -0.552. The summed E-state index contributed by atoms with van der Waals surface area (Å²) < 4.78 is 6.28. The zero-order chi connectivity index (χ0) is 24.2. The summed E-state index contributed by atoms with van der Waals surface area (Å²) in [6.07, 6.45) is 0. The molecule has 0 aliphatic rings. The number of hydrogen-bond acceptors (Lipinski definition) is 6. The number of amides is 1. The molecule has 8 heteroatoms. The molecule has 0 spiro atoms. The van der Waals surface area contributed by atoms with Crippen LogP contribution in [-0.4, -0.2) is 33.8 Å². The molecule has 4 aromatic rings. The highest BCUT2D eigenvalue weighted by Crippen LogP contribution is 2.26. The molecule has 4 rings (SSSR count). The first-order chi connectivity index (χ1) is 16.4. The number of fused-ring (bicyclic) bond motifs is 1. The van der Waals surface area contributed by atoms with E-state index in [1.807, 2.05) is 49.4 Å². The number of methoxy groups -OCH3 is 1. The Hall–Kier alpha value is -3.91. The van der Waals surface area contributed by atoms with Gasteiger partial charge in [-0.2, -0.15) is 0 Å². The van der Waals surface area contributed by atoms with Crippen molar-refractivity contribution in [3.63, 3.8) is 0 Å². The van der Waals surface area contributed by atoms with Gasteiger partial charge < -0.3 is 10.1 Å². The number of ether oxygens (including phenoxy) is 1.